The number of amides is 2. The van der Waals surface area contributed by atoms with Crippen LogP contribution in [0.25, 0.3) is 0 Å². The number of piperidine rings is 1. The molecule has 1 N–H and O–H groups in total. The summed E-state index contributed by atoms with van der Waals surface area (Å²) in [5.74, 6) is 1.81. The SMILES string of the molecule is CC(=O)N[C@@H]1CN(C(C)=O)C2(CCN(c3cc(C)nc(C)n3)CC2)C1. The van der Waals surface area contributed by atoms with Crippen LogP contribution < -0.4 is 10.2 Å². The van der Waals surface area contributed by atoms with Crippen LogP contribution in [0.5, 0.6) is 0 Å². The van der Waals surface area contributed by atoms with Crippen molar-refractivity contribution < 1.29 is 9.59 Å². The van der Waals surface area contributed by atoms with E-state index in [9.17, 15) is 9.59 Å². The van der Waals surface area contributed by atoms with Crippen molar-refractivity contribution in [2.24, 2.45) is 0 Å². The van der Waals surface area contributed by atoms with Gasteiger partial charge in [0.2, 0.25) is 11.8 Å². The van der Waals surface area contributed by atoms with Crippen LogP contribution in [0.15, 0.2) is 6.07 Å². The van der Waals surface area contributed by atoms with Gasteiger partial charge in [-0.15, -0.1) is 0 Å². The summed E-state index contributed by atoms with van der Waals surface area (Å²) >= 11 is 0. The van der Waals surface area contributed by atoms with Crippen molar-refractivity contribution in [2.45, 2.75) is 58.5 Å². The summed E-state index contributed by atoms with van der Waals surface area (Å²) in [6.07, 6.45) is 2.62. The van der Waals surface area contributed by atoms with Crippen LogP contribution in [-0.4, -0.2) is 57.9 Å². The lowest BCUT2D eigenvalue weighted by atomic mass is 9.84. The van der Waals surface area contributed by atoms with Crippen molar-refractivity contribution in [3.8, 4) is 0 Å². The number of carbonyl (C=O) groups is 2. The zero-order valence-electron chi connectivity index (χ0n) is 15.5. The van der Waals surface area contributed by atoms with E-state index in [0.717, 1.165) is 49.7 Å². The standard InChI is InChI=1S/C18H27N5O2/c1-12-9-17(20-13(2)19-12)22-7-5-18(6-8-22)10-16(21-14(3)24)11-23(18)15(4)25/h9,16H,5-8,10-11H2,1-4H3,(H,21,24)/t16-/m0/s1. The minimum atomic E-state index is -0.146. The molecule has 2 saturated heterocycles. The number of likely N-dealkylation sites (tertiary alicyclic amines) is 1. The Bertz CT molecular complexity index is 662. The zero-order chi connectivity index (χ0) is 18.2. The quantitative estimate of drug-likeness (QED) is 0.871. The lowest BCUT2D eigenvalue weighted by Crippen LogP contribution is -2.53. The third-order valence-electron chi connectivity index (χ3n) is 5.36. The Balaban J connectivity index is 1.74. The summed E-state index contributed by atoms with van der Waals surface area (Å²) in [6.45, 7) is 9.37. The Kier molecular flexibility index (Phi) is 4.67. The second kappa shape index (κ2) is 6.61. The molecule has 2 aliphatic heterocycles. The smallest absolute Gasteiger partial charge is 0.219 e. The number of hydrogen-bond donors (Lipinski definition) is 1. The molecular formula is C18H27N5O2. The van der Waals surface area contributed by atoms with Gasteiger partial charge in [-0.25, -0.2) is 9.97 Å². The lowest BCUT2D eigenvalue weighted by Gasteiger charge is -2.45. The number of hydrogen-bond acceptors (Lipinski definition) is 5. The third kappa shape index (κ3) is 3.60. The molecule has 7 nitrogen and oxygen atoms in total. The first-order valence-corrected chi connectivity index (χ1v) is 8.92. The maximum absolute atomic E-state index is 12.2. The Morgan fingerprint density at radius 2 is 1.88 bits per heavy atom. The number of nitrogens with one attached hydrogen (secondary N) is 1. The van der Waals surface area contributed by atoms with E-state index >= 15 is 0 Å². The fraction of sp³-hybridized carbons (Fsp3) is 0.667. The molecule has 2 aliphatic rings. The van der Waals surface area contributed by atoms with Gasteiger partial charge >= 0.3 is 0 Å². The molecule has 0 aromatic carbocycles. The highest BCUT2D eigenvalue weighted by Crippen LogP contribution is 2.39. The molecule has 1 aromatic rings. The summed E-state index contributed by atoms with van der Waals surface area (Å²) in [7, 11) is 0. The second-order valence-corrected chi connectivity index (χ2v) is 7.36. The molecule has 1 atom stereocenters. The minimum absolute atomic E-state index is 0.0325. The Morgan fingerprint density at radius 1 is 1.20 bits per heavy atom. The molecule has 25 heavy (non-hydrogen) atoms. The van der Waals surface area contributed by atoms with Crippen LogP contribution in [-0.2, 0) is 9.59 Å². The van der Waals surface area contributed by atoms with Gasteiger partial charge in [0.1, 0.15) is 11.6 Å². The van der Waals surface area contributed by atoms with Gasteiger partial charge in [0.05, 0.1) is 0 Å². The van der Waals surface area contributed by atoms with Crippen molar-refractivity contribution >= 4 is 17.6 Å². The van der Waals surface area contributed by atoms with E-state index in [4.69, 9.17) is 0 Å². The largest absolute Gasteiger partial charge is 0.356 e. The fourth-order valence-electron chi connectivity index (χ4n) is 4.38. The van der Waals surface area contributed by atoms with Crippen molar-refractivity contribution in [1.29, 1.82) is 0 Å². The first-order chi connectivity index (χ1) is 11.8. The van der Waals surface area contributed by atoms with Gasteiger partial charge in [-0.1, -0.05) is 0 Å². The molecule has 0 bridgehead atoms. The average Bonchev–Trinajstić information content (AvgIpc) is 2.84. The van der Waals surface area contributed by atoms with Gasteiger partial charge in [0.15, 0.2) is 0 Å². The summed E-state index contributed by atoms with van der Waals surface area (Å²) in [5, 5.41) is 2.99. The molecule has 1 spiro atoms. The average molecular weight is 345 g/mol. The van der Waals surface area contributed by atoms with Gasteiger partial charge in [-0.3, -0.25) is 9.59 Å². The number of carbonyl (C=O) groups excluding carboxylic acids is 2. The van der Waals surface area contributed by atoms with Crippen LogP contribution in [0, 0.1) is 13.8 Å². The fourth-order valence-corrected chi connectivity index (χ4v) is 4.38. The topological polar surface area (TPSA) is 78.4 Å². The van der Waals surface area contributed by atoms with Crippen molar-refractivity contribution in [2.75, 3.05) is 24.5 Å². The summed E-state index contributed by atoms with van der Waals surface area (Å²) in [5.41, 5.74) is 0.826. The van der Waals surface area contributed by atoms with Gasteiger partial charge in [0.25, 0.3) is 0 Å². The van der Waals surface area contributed by atoms with Crippen molar-refractivity contribution in [3.05, 3.63) is 17.6 Å². The highest BCUT2D eigenvalue weighted by atomic mass is 16.2. The molecular weight excluding hydrogens is 318 g/mol. The van der Waals surface area contributed by atoms with E-state index in [1.54, 1.807) is 6.92 Å². The predicted molar refractivity (Wildman–Crippen MR) is 95.3 cm³/mol. The highest BCUT2D eigenvalue weighted by molar-refractivity contribution is 5.76. The molecule has 3 rings (SSSR count). The number of aryl methyl sites for hydroxylation is 2. The molecule has 0 unspecified atom stereocenters. The zero-order valence-corrected chi connectivity index (χ0v) is 15.5. The summed E-state index contributed by atoms with van der Waals surface area (Å²) in [4.78, 5) is 36.7. The first-order valence-electron chi connectivity index (χ1n) is 8.92. The van der Waals surface area contributed by atoms with Crippen LogP contribution >= 0.6 is 0 Å². The molecule has 0 saturated carbocycles. The molecule has 136 valence electrons. The van der Waals surface area contributed by atoms with Crippen LogP contribution in [0.4, 0.5) is 5.82 Å². The normalized spacial score (nSPS) is 22.3. The van der Waals surface area contributed by atoms with Gasteiger partial charge in [-0.05, 0) is 33.1 Å². The number of anilines is 1. The minimum Gasteiger partial charge on any atom is -0.356 e. The molecule has 0 radical (unpaired) electrons. The molecule has 1 aromatic heterocycles. The molecule has 0 aliphatic carbocycles. The van der Waals surface area contributed by atoms with Crippen LogP contribution in [0.3, 0.4) is 0 Å². The Morgan fingerprint density at radius 3 is 2.44 bits per heavy atom. The van der Waals surface area contributed by atoms with E-state index in [1.807, 2.05) is 24.8 Å². The van der Waals surface area contributed by atoms with E-state index < -0.39 is 0 Å². The monoisotopic (exact) mass is 345 g/mol. The van der Waals surface area contributed by atoms with E-state index in [1.165, 1.54) is 6.92 Å². The lowest BCUT2D eigenvalue weighted by molar-refractivity contribution is -0.133. The van der Waals surface area contributed by atoms with Crippen molar-refractivity contribution in [3.63, 3.8) is 0 Å². The Labute approximate surface area is 148 Å². The predicted octanol–water partition coefficient (Wildman–Crippen LogP) is 1.19. The summed E-state index contributed by atoms with van der Waals surface area (Å²) < 4.78 is 0. The van der Waals surface area contributed by atoms with Gasteiger partial charge < -0.3 is 15.1 Å². The second-order valence-electron chi connectivity index (χ2n) is 7.36. The number of rotatable bonds is 2. The third-order valence-corrected chi connectivity index (χ3v) is 5.36. The number of aromatic nitrogens is 2. The van der Waals surface area contributed by atoms with Gasteiger partial charge in [-0.2, -0.15) is 0 Å². The van der Waals surface area contributed by atoms with E-state index in [2.05, 4.69) is 20.2 Å². The number of nitrogens with zero attached hydrogens (tertiary/aromatic N) is 4. The van der Waals surface area contributed by atoms with E-state index in [-0.39, 0.29) is 23.4 Å². The van der Waals surface area contributed by atoms with Crippen molar-refractivity contribution in [1.82, 2.24) is 20.2 Å². The molecule has 2 amide bonds. The summed E-state index contributed by atoms with van der Waals surface area (Å²) in [6, 6.07) is 2.07. The molecule has 2 fully saturated rings. The first kappa shape index (κ1) is 17.6. The maximum Gasteiger partial charge on any atom is 0.219 e. The van der Waals surface area contributed by atoms with E-state index in [0.29, 0.717) is 6.54 Å². The maximum atomic E-state index is 12.2. The molecule has 7 heteroatoms. The van der Waals surface area contributed by atoms with Gasteiger partial charge in [0, 0.05) is 56.8 Å². The van der Waals surface area contributed by atoms with Crippen LogP contribution in [0.2, 0.25) is 0 Å². The van der Waals surface area contributed by atoms with Crippen LogP contribution in [0.1, 0.15) is 44.6 Å². The Hall–Kier alpha value is -2.18. The molecule has 3 heterocycles. The highest BCUT2D eigenvalue weighted by Gasteiger charge is 2.48.